The van der Waals surface area contributed by atoms with Crippen LogP contribution in [0.3, 0.4) is 0 Å². The normalized spacial score (nSPS) is 18.7. The summed E-state index contributed by atoms with van der Waals surface area (Å²) in [6, 6.07) is 8.29. The highest BCUT2D eigenvalue weighted by atomic mass is 14.9. The number of benzene rings is 1. The Hall–Kier alpha value is -1.49. The van der Waals surface area contributed by atoms with Crippen molar-refractivity contribution >= 4 is 5.69 Å². The Morgan fingerprint density at radius 1 is 1.28 bits per heavy atom. The van der Waals surface area contributed by atoms with Crippen molar-refractivity contribution in [3.05, 3.63) is 29.3 Å². The first-order chi connectivity index (χ1) is 8.78. The Labute approximate surface area is 109 Å². The SMILES string of the molecule is Cc1ccc(C#N)c(NCC(C2CC2)C2CC2)c1. The van der Waals surface area contributed by atoms with Crippen molar-refractivity contribution in [1.29, 1.82) is 5.26 Å². The number of nitrogens with zero attached hydrogens (tertiary/aromatic N) is 1. The maximum absolute atomic E-state index is 9.13. The Kier molecular flexibility index (Phi) is 2.99. The van der Waals surface area contributed by atoms with Crippen molar-refractivity contribution in [2.45, 2.75) is 32.6 Å². The number of aryl methyl sites for hydroxylation is 1. The van der Waals surface area contributed by atoms with E-state index in [2.05, 4.69) is 24.4 Å². The van der Waals surface area contributed by atoms with Crippen molar-refractivity contribution in [1.82, 2.24) is 0 Å². The highest BCUT2D eigenvalue weighted by Gasteiger charge is 2.41. The van der Waals surface area contributed by atoms with E-state index in [1.807, 2.05) is 12.1 Å². The van der Waals surface area contributed by atoms with Crippen LogP contribution in [0.5, 0.6) is 0 Å². The fourth-order valence-corrected chi connectivity index (χ4v) is 2.90. The summed E-state index contributed by atoms with van der Waals surface area (Å²) >= 11 is 0. The summed E-state index contributed by atoms with van der Waals surface area (Å²) < 4.78 is 0. The van der Waals surface area contributed by atoms with Crippen LogP contribution in [0.25, 0.3) is 0 Å². The third-order valence-electron chi connectivity index (χ3n) is 4.28. The minimum atomic E-state index is 0.769. The molecule has 0 unspecified atom stereocenters. The lowest BCUT2D eigenvalue weighted by molar-refractivity contribution is 0.428. The van der Waals surface area contributed by atoms with Crippen LogP contribution in [-0.4, -0.2) is 6.54 Å². The van der Waals surface area contributed by atoms with E-state index in [0.717, 1.165) is 35.5 Å². The van der Waals surface area contributed by atoms with Crippen LogP contribution in [0.15, 0.2) is 18.2 Å². The fourth-order valence-electron chi connectivity index (χ4n) is 2.90. The number of anilines is 1. The van der Waals surface area contributed by atoms with E-state index in [1.165, 1.54) is 31.2 Å². The minimum Gasteiger partial charge on any atom is -0.384 e. The van der Waals surface area contributed by atoms with Crippen LogP contribution < -0.4 is 5.32 Å². The van der Waals surface area contributed by atoms with Crippen molar-refractivity contribution in [2.75, 3.05) is 11.9 Å². The molecule has 2 saturated carbocycles. The zero-order chi connectivity index (χ0) is 12.5. The molecule has 0 saturated heterocycles. The van der Waals surface area contributed by atoms with Gasteiger partial charge < -0.3 is 5.32 Å². The third-order valence-corrected chi connectivity index (χ3v) is 4.28. The van der Waals surface area contributed by atoms with Gasteiger partial charge >= 0.3 is 0 Å². The molecule has 2 aliphatic carbocycles. The van der Waals surface area contributed by atoms with Gasteiger partial charge in [-0.15, -0.1) is 0 Å². The van der Waals surface area contributed by atoms with Crippen LogP contribution in [0.2, 0.25) is 0 Å². The first kappa shape index (κ1) is 11.6. The molecule has 2 aliphatic rings. The first-order valence-corrected chi connectivity index (χ1v) is 7.02. The van der Waals surface area contributed by atoms with Crippen molar-refractivity contribution in [3.63, 3.8) is 0 Å². The van der Waals surface area contributed by atoms with E-state index in [-0.39, 0.29) is 0 Å². The second kappa shape index (κ2) is 4.65. The van der Waals surface area contributed by atoms with Gasteiger partial charge in [-0.25, -0.2) is 0 Å². The molecule has 2 nitrogen and oxygen atoms in total. The average molecular weight is 240 g/mol. The van der Waals surface area contributed by atoms with Crippen molar-refractivity contribution in [3.8, 4) is 6.07 Å². The first-order valence-electron chi connectivity index (χ1n) is 7.02. The van der Waals surface area contributed by atoms with Crippen LogP contribution in [0.1, 0.15) is 36.8 Å². The second-order valence-electron chi connectivity index (χ2n) is 5.88. The molecule has 0 aliphatic heterocycles. The smallest absolute Gasteiger partial charge is 0.101 e. The van der Waals surface area contributed by atoms with Crippen LogP contribution >= 0.6 is 0 Å². The molecule has 0 amide bonds. The standard InChI is InChI=1S/C16H20N2/c1-11-2-3-14(9-17)16(8-11)18-10-15(12-4-5-12)13-6-7-13/h2-3,8,12-13,15,18H,4-7,10H2,1H3. The van der Waals surface area contributed by atoms with Gasteiger partial charge in [0, 0.05) is 6.54 Å². The predicted octanol–water partition coefficient (Wildman–Crippen LogP) is 3.71. The lowest BCUT2D eigenvalue weighted by atomic mass is 9.97. The molecule has 1 aromatic carbocycles. The molecule has 1 N–H and O–H groups in total. The number of rotatable bonds is 5. The summed E-state index contributed by atoms with van der Waals surface area (Å²) in [5.41, 5.74) is 3.00. The molecular weight excluding hydrogens is 220 g/mol. The molecule has 3 rings (SSSR count). The zero-order valence-electron chi connectivity index (χ0n) is 10.9. The highest BCUT2D eigenvalue weighted by molar-refractivity contribution is 5.58. The topological polar surface area (TPSA) is 35.8 Å². The van der Waals surface area contributed by atoms with Crippen molar-refractivity contribution in [2.24, 2.45) is 17.8 Å². The van der Waals surface area contributed by atoms with E-state index >= 15 is 0 Å². The Morgan fingerprint density at radius 2 is 1.94 bits per heavy atom. The molecule has 1 aromatic rings. The number of hydrogen-bond donors (Lipinski definition) is 1. The summed E-state index contributed by atoms with van der Waals surface area (Å²) in [7, 11) is 0. The van der Waals surface area contributed by atoms with Gasteiger partial charge in [0.15, 0.2) is 0 Å². The second-order valence-corrected chi connectivity index (χ2v) is 5.88. The third kappa shape index (κ3) is 2.51. The average Bonchev–Trinajstić information content (AvgIpc) is 3.24. The fraction of sp³-hybridized carbons (Fsp3) is 0.562. The maximum atomic E-state index is 9.13. The van der Waals surface area contributed by atoms with Gasteiger partial charge in [0.1, 0.15) is 6.07 Å². The zero-order valence-corrected chi connectivity index (χ0v) is 10.9. The van der Waals surface area contributed by atoms with E-state index in [4.69, 9.17) is 5.26 Å². The molecule has 0 radical (unpaired) electrons. The van der Waals surface area contributed by atoms with E-state index < -0.39 is 0 Å². The van der Waals surface area contributed by atoms with Crippen LogP contribution in [0, 0.1) is 36.0 Å². The highest BCUT2D eigenvalue weighted by Crippen LogP contribution is 2.49. The summed E-state index contributed by atoms with van der Waals surface area (Å²) in [6.45, 7) is 3.12. The lowest BCUT2D eigenvalue weighted by Crippen LogP contribution is -2.18. The molecule has 0 heterocycles. The molecular formula is C16H20N2. The summed E-state index contributed by atoms with van der Waals surface area (Å²) in [4.78, 5) is 0. The molecule has 0 aromatic heterocycles. The number of nitrogens with one attached hydrogen (secondary N) is 1. The van der Waals surface area contributed by atoms with Gasteiger partial charge in [-0.1, -0.05) is 6.07 Å². The minimum absolute atomic E-state index is 0.769. The Balaban J connectivity index is 1.68. The maximum Gasteiger partial charge on any atom is 0.101 e. The number of hydrogen-bond acceptors (Lipinski definition) is 2. The predicted molar refractivity (Wildman–Crippen MR) is 73.3 cm³/mol. The van der Waals surface area contributed by atoms with Gasteiger partial charge in [0.2, 0.25) is 0 Å². The lowest BCUT2D eigenvalue weighted by Gasteiger charge is -2.18. The number of nitriles is 1. The van der Waals surface area contributed by atoms with Gasteiger partial charge in [-0.2, -0.15) is 5.26 Å². The molecule has 94 valence electrons. The molecule has 0 spiro atoms. The van der Waals surface area contributed by atoms with Crippen LogP contribution in [-0.2, 0) is 0 Å². The summed E-state index contributed by atoms with van der Waals surface area (Å²) in [5, 5.41) is 12.7. The summed E-state index contributed by atoms with van der Waals surface area (Å²) in [6.07, 6.45) is 5.67. The Bertz CT molecular complexity index is 466. The quantitative estimate of drug-likeness (QED) is 0.851. The van der Waals surface area contributed by atoms with Gasteiger partial charge in [0.05, 0.1) is 11.3 Å². The molecule has 18 heavy (non-hydrogen) atoms. The monoisotopic (exact) mass is 240 g/mol. The Morgan fingerprint density at radius 3 is 2.50 bits per heavy atom. The summed E-state index contributed by atoms with van der Waals surface area (Å²) in [5.74, 6) is 2.76. The van der Waals surface area contributed by atoms with E-state index in [0.29, 0.717) is 0 Å². The van der Waals surface area contributed by atoms with Crippen molar-refractivity contribution < 1.29 is 0 Å². The molecule has 2 fully saturated rings. The molecule has 2 heteroatoms. The van der Waals surface area contributed by atoms with Crippen LogP contribution in [0.4, 0.5) is 5.69 Å². The van der Waals surface area contributed by atoms with Gasteiger partial charge in [0.25, 0.3) is 0 Å². The molecule has 0 atom stereocenters. The largest absolute Gasteiger partial charge is 0.384 e. The van der Waals surface area contributed by atoms with Gasteiger partial charge in [-0.3, -0.25) is 0 Å². The van der Waals surface area contributed by atoms with E-state index in [9.17, 15) is 0 Å². The van der Waals surface area contributed by atoms with E-state index in [1.54, 1.807) is 0 Å². The van der Waals surface area contributed by atoms with Gasteiger partial charge in [-0.05, 0) is 68.1 Å². The molecule has 0 bridgehead atoms.